The molecule has 0 saturated heterocycles. The third kappa shape index (κ3) is 3.02. The van der Waals surface area contributed by atoms with Crippen LogP contribution in [0.1, 0.15) is 5.56 Å². The summed E-state index contributed by atoms with van der Waals surface area (Å²) in [5, 5.41) is 10.6. The highest BCUT2D eigenvalue weighted by Gasteiger charge is 2.23. The van der Waals surface area contributed by atoms with E-state index in [0.29, 0.717) is 5.69 Å². The number of rotatable bonds is 5. The molecule has 0 atom stereocenters. The summed E-state index contributed by atoms with van der Waals surface area (Å²) in [5.41, 5.74) is 1.43. The third-order valence-electron chi connectivity index (χ3n) is 2.99. The molecular formula is C14H13N5O2S. The number of hydrogen-bond acceptors (Lipinski definition) is 5. The average Bonchev–Trinajstić information content (AvgIpc) is 3.06. The van der Waals surface area contributed by atoms with Gasteiger partial charge in [-0.1, -0.05) is 53.6 Å². The molecule has 0 fully saturated rings. The third-order valence-corrected chi connectivity index (χ3v) is 4.25. The van der Waals surface area contributed by atoms with Crippen molar-refractivity contribution in [3.63, 3.8) is 0 Å². The minimum absolute atomic E-state index is 0.171. The minimum atomic E-state index is -3.82. The minimum Gasteiger partial charge on any atom is -0.204 e. The molecule has 0 saturated carbocycles. The predicted octanol–water partition coefficient (Wildman–Crippen LogP) is 1.14. The first-order valence-corrected chi connectivity index (χ1v) is 8.02. The van der Waals surface area contributed by atoms with Crippen LogP contribution in [-0.4, -0.2) is 28.6 Å². The van der Waals surface area contributed by atoms with Crippen molar-refractivity contribution in [3.05, 3.63) is 66.2 Å². The number of benzene rings is 2. The maximum Gasteiger partial charge on any atom is 0.287 e. The van der Waals surface area contributed by atoms with Crippen LogP contribution in [-0.2, 0) is 16.6 Å². The fourth-order valence-corrected chi connectivity index (χ4v) is 2.92. The van der Waals surface area contributed by atoms with Gasteiger partial charge in [-0.05, 0) is 28.1 Å². The van der Waals surface area contributed by atoms with Gasteiger partial charge in [0.25, 0.3) is 15.2 Å². The van der Waals surface area contributed by atoms with Crippen molar-refractivity contribution in [1.29, 1.82) is 0 Å². The van der Waals surface area contributed by atoms with E-state index in [9.17, 15) is 8.42 Å². The van der Waals surface area contributed by atoms with Gasteiger partial charge in [-0.25, -0.2) is 13.1 Å². The lowest BCUT2D eigenvalue weighted by molar-refractivity contribution is 0.565. The van der Waals surface area contributed by atoms with Crippen molar-refractivity contribution in [3.8, 4) is 5.69 Å². The van der Waals surface area contributed by atoms with E-state index in [1.54, 1.807) is 24.3 Å². The lowest BCUT2D eigenvalue weighted by Crippen LogP contribution is -2.26. The van der Waals surface area contributed by atoms with Gasteiger partial charge >= 0.3 is 0 Å². The number of nitrogens with one attached hydrogen (secondary N) is 1. The van der Waals surface area contributed by atoms with Gasteiger partial charge in [0.05, 0.1) is 5.69 Å². The Hall–Kier alpha value is -2.58. The normalized spacial score (nSPS) is 11.5. The van der Waals surface area contributed by atoms with Crippen LogP contribution in [0.5, 0.6) is 0 Å². The Morgan fingerprint density at radius 1 is 0.955 bits per heavy atom. The van der Waals surface area contributed by atoms with E-state index in [4.69, 9.17) is 0 Å². The van der Waals surface area contributed by atoms with E-state index < -0.39 is 10.0 Å². The van der Waals surface area contributed by atoms with Crippen molar-refractivity contribution in [1.82, 2.24) is 24.9 Å². The summed E-state index contributed by atoms with van der Waals surface area (Å²) in [4.78, 5) is 0. The first-order chi connectivity index (χ1) is 10.7. The molecule has 0 amide bonds. The van der Waals surface area contributed by atoms with Crippen molar-refractivity contribution >= 4 is 10.0 Å². The van der Waals surface area contributed by atoms with Gasteiger partial charge in [0.2, 0.25) is 0 Å². The van der Waals surface area contributed by atoms with Crippen LogP contribution < -0.4 is 4.72 Å². The zero-order valence-corrected chi connectivity index (χ0v) is 12.3. The monoisotopic (exact) mass is 315 g/mol. The Kier molecular flexibility index (Phi) is 3.94. The Morgan fingerprint density at radius 3 is 2.27 bits per heavy atom. The molecule has 3 rings (SSSR count). The van der Waals surface area contributed by atoms with Crippen LogP contribution in [0, 0.1) is 0 Å². The topological polar surface area (TPSA) is 89.8 Å². The molecule has 3 aromatic rings. The zero-order valence-electron chi connectivity index (χ0n) is 11.5. The number of nitrogens with zero attached hydrogens (tertiary/aromatic N) is 4. The Balaban J connectivity index is 1.86. The van der Waals surface area contributed by atoms with Crippen molar-refractivity contribution in [2.24, 2.45) is 0 Å². The smallest absolute Gasteiger partial charge is 0.204 e. The highest BCUT2D eigenvalue weighted by molar-refractivity contribution is 7.89. The molecule has 0 radical (unpaired) electrons. The lowest BCUT2D eigenvalue weighted by Gasteiger charge is -2.07. The summed E-state index contributed by atoms with van der Waals surface area (Å²) in [6.45, 7) is 0.171. The van der Waals surface area contributed by atoms with Crippen molar-refractivity contribution in [2.75, 3.05) is 0 Å². The van der Waals surface area contributed by atoms with Gasteiger partial charge in [0, 0.05) is 6.54 Å². The molecule has 7 nitrogen and oxygen atoms in total. The highest BCUT2D eigenvalue weighted by atomic mass is 32.2. The molecule has 8 heteroatoms. The lowest BCUT2D eigenvalue weighted by atomic mass is 10.2. The van der Waals surface area contributed by atoms with Gasteiger partial charge in [0.1, 0.15) is 0 Å². The zero-order chi connectivity index (χ0) is 15.4. The van der Waals surface area contributed by atoms with Crippen molar-refractivity contribution < 1.29 is 8.42 Å². The second-order valence-corrected chi connectivity index (χ2v) is 6.18. The maximum absolute atomic E-state index is 12.4. The van der Waals surface area contributed by atoms with Crippen LogP contribution in [0.4, 0.5) is 0 Å². The molecule has 0 bridgehead atoms. The van der Waals surface area contributed by atoms with Crippen LogP contribution in [0.15, 0.2) is 65.8 Å². The van der Waals surface area contributed by atoms with Gasteiger partial charge in [0.15, 0.2) is 0 Å². The highest BCUT2D eigenvalue weighted by Crippen LogP contribution is 2.11. The molecule has 0 aliphatic rings. The molecule has 1 aromatic heterocycles. The SMILES string of the molecule is O=S(=O)(NCc1ccccc1)c1nnnn1-c1ccccc1. The number of aromatic nitrogens is 4. The van der Waals surface area contributed by atoms with E-state index in [1.165, 1.54) is 4.68 Å². The molecule has 2 aromatic carbocycles. The molecule has 1 N–H and O–H groups in total. The van der Waals surface area contributed by atoms with Gasteiger partial charge in [-0.2, -0.15) is 4.68 Å². The average molecular weight is 315 g/mol. The largest absolute Gasteiger partial charge is 0.287 e. The predicted molar refractivity (Wildman–Crippen MR) is 79.6 cm³/mol. The van der Waals surface area contributed by atoms with Crippen LogP contribution in [0.3, 0.4) is 0 Å². The van der Waals surface area contributed by atoms with Gasteiger partial charge in [-0.15, -0.1) is 0 Å². The number of hydrogen-bond donors (Lipinski definition) is 1. The second kappa shape index (κ2) is 6.04. The summed E-state index contributed by atoms with van der Waals surface area (Å²) in [5.74, 6) is 0. The van der Waals surface area contributed by atoms with Crippen molar-refractivity contribution in [2.45, 2.75) is 11.7 Å². The van der Waals surface area contributed by atoms with E-state index in [2.05, 4.69) is 20.2 Å². The Morgan fingerprint density at radius 2 is 1.59 bits per heavy atom. The van der Waals surface area contributed by atoms with Crippen LogP contribution >= 0.6 is 0 Å². The van der Waals surface area contributed by atoms with E-state index in [-0.39, 0.29) is 11.7 Å². The van der Waals surface area contributed by atoms with E-state index in [0.717, 1.165) is 5.56 Å². The van der Waals surface area contributed by atoms with Crippen LogP contribution in [0.2, 0.25) is 0 Å². The molecule has 0 aliphatic carbocycles. The number of tetrazole rings is 1. The summed E-state index contributed by atoms with van der Waals surface area (Å²) in [6, 6.07) is 18.1. The first kappa shape index (κ1) is 14.4. The molecule has 0 unspecified atom stereocenters. The fraction of sp³-hybridized carbons (Fsp3) is 0.0714. The Bertz CT molecular complexity index is 847. The fourth-order valence-electron chi connectivity index (χ4n) is 1.92. The van der Waals surface area contributed by atoms with Gasteiger partial charge < -0.3 is 0 Å². The first-order valence-electron chi connectivity index (χ1n) is 6.54. The quantitative estimate of drug-likeness (QED) is 0.762. The summed E-state index contributed by atoms with van der Waals surface area (Å²) < 4.78 is 28.5. The molecule has 1 heterocycles. The van der Waals surface area contributed by atoms with E-state index in [1.807, 2.05) is 36.4 Å². The molecular weight excluding hydrogens is 302 g/mol. The number of sulfonamides is 1. The maximum atomic E-state index is 12.4. The van der Waals surface area contributed by atoms with Crippen LogP contribution in [0.25, 0.3) is 5.69 Å². The number of para-hydroxylation sites is 1. The molecule has 0 spiro atoms. The molecule has 0 aliphatic heterocycles. The molecule has 112 valence electrons. The molecule has 22 heavy (non-hydrogen) atoms. The van der Waals surface area contributed by atoms with Gasteiger partial charge in [-0.3, -0.25) is 0 Å². The summed E-state index contributed by atoms with van der Waals surface area (Å²) in [6.07, 6.45) is 0. The van der Waals surface area contributed by atoms with E-state index >= 15 is 0 Å². The summed E-state index contributed by atoms with van der Waals surface area (Å²) >= 11 is 0. The Labute approximate surface area is 127 Å². The summed E-state index contributed by atoms with van der Waals surface area (Å²) in [7, 11) is -3.82. The second-order valence-electron chi connectivity index (χ2n) is 4.52. The standard InChI is InChI=1S/C14H13N5O2S/c20-22(21,15-11-12-7-3-1-4-8-12)14-16-17-18-19(14)13-9-5-2-6-10-13/h1-10,15H,11H2.